The van der Waals surface area contributed by atoms with Gasteiger partial charge >= 0.3 is 5.97 Å². The van der Waals surface area contributed by atoms with Crippen molar-refractivity contribution in [1.29, 1.82) is 0 Å². The largest absolute Gasteiger partial charge is 0.497 e. The highest BCUT2D eigenvalue weighted by Gasteiger charge is 2.22. The normalized spacial score (nSPS) is 17.1. The van der Waals surface area contributed by atoms with Crippen LogP contribution < -0.4 is 14.8 Å². The number of benzene rings is 1. The minimum atomic E-state index is -0.789. The first kappa shape index (κ1) is 12.7. The van der Waals surface area contributed by atoms with Gasteiger partial charge in [-0.3, -0.25) is 4.79 Å². The Labute approximate surface area is 106 Å². The molecule has 0 spiro atoms. The van der Waals surface area contributed by atoms with Gasteiger partial charge in [-0.25, -0.2) is 0 Å². The van der Waals surface area contributed by atoms with E-state index < -0.39 is 5.97 Å². The van der Waals surface area contributed by atoms with Gasteiger partial charge in [0.25, 0.3) is 0 Å². The molecule has 5 nitrogen and oxygen atoms in total. The van der Waals surface area contributed by atoms with E-state index in [2.05, 4.69) is 5.32 Å². The molecule has 0 saturated carbocycles. The monoisotopic (exact) mass is 251 g/mol. The summed E-state index contributed by atoms with van der Waals surface area (Å²) in [6.45, 7) is 1.12. The van der Waals surface area contributed by atoms with Crippen molar-refractivity contribution in [3.63, 3.8) is 0 Å². The third kappa shape index (κ3) is 3.13. The topological polar surface area (TPSA) is 67.8 Å². The summed E-state index contributed by atoms with van der Waals surface area (Å²) in [5.41, 5.74) is 1.14. The quantitative estimate of drug-likeness (QED) is 0.740. The van der Waals surface area contributed by atoms with Crippen molar-refractivity contribution < 1.29 is 19.4 Å². The van der Waals surface area contributed by atoms with E-state index in [1.165, 1.54) is 0 Å². The highest BCUT2D eigenvalue weighted by atomic mass is 16.5. The van der Waals surface area contributed by atoms with E-state index in [0.717, 1.165) is 23.5 Å². The van der Waals surface area contributed by atoms with Crippen LogP contribution in [-0.2, 0) is 11.2 Å². The van der Waals surface area contributed by atoms with E-state index in [9.17, 15) is 4.79 Å². The molecule has 1 aliphatic rings. The number of hydrogen-bond donors (Lipinski definition) is 2. The standard InChI is InChI=1S/C13H17NO4/c1-17-10-2-3-12-9(6-10)7-11(18-12)8-14-5-4-13(15)16/h2-3,6,11,14H,4-5,7-8H2,1H3,(H,15,16). The molecule has 1 atom stereocenters. The number of methoxy groups -OCH3 is 1. The van der Waals surface area contributed by atoms with E-state index >= 15 is 0 Å². The first-order chi connectivity index (χ1) is 8.69. The summed E-state index contributed by atoms with van der Waals surface area (Å²) in [5, 5.41) is 11.6. The fraction of sp³-hybridized carbons (Fsp3) is 0.462. The third-order valence-corrected chi connectivity index (χ3v) is 2.90. The van der Waals surface area contributed by atoms with E-state index in [-0.39, 0.29) is 12.5 Å². The first-order valence-corrected chi connectivity index (χ1v) is 5.95. The Balaban J connectivity index is 1.80. The van der Waals surface area contributed by atoms with Crippen molar-refractivity contribution in [2.24, 2.45) is 0 Å². The zero-order chi connectivity index (χ0) is 13.0. The number of nitrogens with one attached hydrogen (secondary N) is 1. The van der Waals surface area contributed by atoms with Crippen molar-refractivity contribution in [3.05, 3.63) is 23.8 Å². The van der Waals surface area contributed by atoms with E-state index in [1.807, 2.05) is 18.2 Å². The number of aliphatic carboxylic acids is 1. The summed E-state index contributed by atoms with van der Waals surface area (Å²) < 4.78 is 10.9. The van der Waals surface area contributed by atoms with Crippen LogP contribution in [0.25, 0.3) is 0 Å². The summed E-state index contributed by atoms with van der Waals surface area (Å²) in [6.07, 6.45) is 1.03. The molecule has 0 amide bonds. The summed E-state index contributed by atoms with van der Waals surface area (Å²) in [4.78, 5) is 10.4. The van der Waals surface area contributed by atoms with Gasteiger partial charge in [-0.2, -0.15) is 0 Å². The molecule has 0 bridgehead atoms. The molecule has 1 aromatic rings. The van der Waals surface area contributed by atoms with Gasteiger partial charge in [-0.05, 0) is 18.2 Å². The predicted molar refractivity (Wildman–Crippen MR) is 66.2 cm³/mol. The minimum Gasteiger partial charge on any atom is -0.497 e. The molecule has 2 N–H and O–H groups in total. The third-order valence-electron chi connectivity index (χ3n) is 2.90. The number of carbonyl (C=O) groups is 1. The Bertz CT molecular complexity index is 433. The lowest BCUT2D eigenvalue weighted by Gasteiger charge is -2.10. The summed E-state index contributed by atoms with van der Waals surface area (Å²) in [5.74, 6) is 0.931. The lowest BCUT2D eigenvalue weighted by molar-refractivity contribution is -0.136. The van der Waals surface area contributed by atoms with Crippen molar-refractivity contribution in [1.82, 2.24) is 5.32 Å². The molecule has 0 fully saturated rings. The van der Waals surface area contributed by atoms with Crippen molar-refractivity contribution >= 4 is 5.97 Å². The van der Waals surface area contributed by atoms with E-state index in [0.29, 0.717) is 13.1 Å². The summed E-state index contributed by atoms with van der Waals surface area (Å²) in [7, 11) is 1.64. The van der Waals surface area contributed by atoms with Gasteiger partial charge in [0.05, 0.1) is 13.5 Å². The van der Waals surface area contributed by atoms with Crippen LogP contribution in [0.5, 0.6) is 11.5 Å². The van der Waals surface area contributed by atoms with E-state index in [1.54, 1.807) is 7.11 Å². The smallest absolute Gasteiger partial charge is 0.304 e. The van der Waals surface area contributed by atoms with Gasteiger partial charge in [-0.1, -0.05) is 0 Å². The minimum absolute atomic E-state index is 0.0703. The Morgan fingerprint density at radius 1 is 1.61 bits per heavy atom. The molecule has 0 aromatic heterocycles. The maximum absolute atomic E-state index is 10.4. The average molecular weight is 251 g/mol. The van der Waals surface area contributed by atoms with Crippen LogP contribution in [0.15, 0.2) is 18.2 Å². The molecular weight excluding hydrogens is 234 g/mol. The number of rotatable bonds is 6. The van der Waals surface area contributed by atoms with E-state index in [4.69, 9.17) is 14.6 Å². The fourth-order valence-electron chi connectivity index (χ4n) is 2.00. The number of carboxylic acid groups (broad SMARTS) is 1. The second-order valence-electron chi connectivity index (χ2n) is 4.27. The molecule has 0 radical (unpaired) electrons. The van der Waals surface area contributed by atoms with Crippen molar-refractivity contribution in [2.75, 3.05) is 20.2 Å². The molecule has 2 rings (SSSR count). The average Bonchev–Trinajstić information content (AvgIpc) is 2.75. The van der Waals surface area contributed by atoms with Gasteiger partial charge in [0.15, 0.2) is 0 Å². The lowest BCUT2D eigenvalue weighted by Crippen LogP contribution is -2.31. The van der Waals surface area contributed by atoms with Crippen LogP contribution in [0, 0.1) is 0 Å². The number of fused-ring (bicyclic) bond motifs is 1. The number of ether oxygens (including phenoxy) is 2. The van der Waals surface area contributed by atoms with Gasteiger partial charge in [0.2, 0.25) is 0 Å². The maximum Gasteiger partial charge on any atom is 0.304 e. The highest BCUT2D eigenvalue weighted by Crippen LogP contribution is 2.31. The SMILES string of the molecule is COc1ccc2c(c1)CC(CNCCC(=O)O)O2. The summed E-state index contributed by atoms with van der Waals surface area (Å²) >= 11 is 0. The lowest BCUT2D eigenvalue weighted by atomic mass is 10.1. The Morgan fingerprint density at radius 3 is 3.17 bits per heavy atom. The van der Waals surface area contributed by atoms with Gasteiger partial charge in [0.1, 0.15) is 17.6 Å². The highest BCUT2D eigenvalue weighted by molar-refractivity contribution is 5.66. The maximum atomic E-state index is 10.4. The molecule has 98 valence electrons. The Morgan fingerprint density at radius 2 is 2.44 bits per heavy atom. The van der Waals surface area contributed by atoms with Crippen LogP contribution in [0.1, 0.15) is 12.0 Å². The van der Waals surface area contributed by atoms with Crippen LogP contribution in [0.3, 0.4) is 0 Å². The molecule has 1 heterocycles. The molecule has 5 heteroatoms. The van der Waals surface area contributed by atoms with Crippen LogP contribution in [0.4, 0.5) is 0 Å². The van der Waals surface area contributed by atoms with Crippen molar-refractivity contribution in [2.45, 2.75) is 18.9 Å². The van der Waals surface area contributed by atoms with Gasteiger partial charge in [0, 0.05) is 25.1 Å². The van der Waals surface area contributed by atoms with Crippen LogP contribution in [0.2, 0.25) is 0 Å². The van der Waals surface area contributed by atoms with Crippen LogP contribution >= 0.6 is 0 Å². The zero-order valence-corrected chi connectivity index (χ0v) is 10.3. The predicted octanol–water partition coefficient (Wildman–Crippen LogP) is 1.06. The zero-order valence-electron chi connectivity index (χ0n) is 10.3. The molecule has 1 aliphatic heterocycles. The second-order valence-corrected chi connectivity index (χ2v) is 4.27. The fourth-order valence-corrected chi connectivity index (χ4v) is 2.00. The number of carboxylic acids is 1. The van der Waals surface area contributed by atoms with Gasteiger partial charge in [-0.15, -0.1) is 0 Å². The molecule has 0 aliphatic carbocycles. The number of hydrogen-bond acceptors (Lipinski definition) is 4. The molecule has 1 unspecified atom stereocenters. The molecular formula is C13H17NO4. The van der Waals surface area contributed by atoms with Gasteiger partial charge < -0.3 is 19.9 Å². The molecule has 1 aromatic carbocycles. The summed E-state index contributed by atoms with van der Waals surface area (Å²) in [6, 6.07) is 5.76. The first-order valence-electron chi connectivity index (χ1n) is 5.95. The van der Waals surface area contributed by atoms with Crippen LogP contribution in [-0.4, -0.2) is 37.4 Å². The second kappa shape index (κ2) is 5.73. The van der Waals surface area contributed by atoms with Crippen molar-refractivity contribution in [3.8, 4) is 11.5 Å². The molecule has 0 saturated heterocycles. The molecule has 18 heavy (non-hydrogen) atoms. The Kier molecular flexibility index (Phi) is 4.04. The Hall–Kier alpha value is -1.75.